The predicted molar refractivity (Wildman–Crippen MR) is 575 cm³/mol. The normalized spacial score (nSPS) is 18.2. The number of nitrogens with zero attached hydrogens (tertiary/aromatic N) is 2. The smallest absolute Gasteiger partial charge is 0.270 e. The Kier molecular flexibility index (Phi) is 26.5. The molecule has 8 aliphatic rings. The summed E-state index contributed by atoms with van der Waals surface area (Å²) in [5, 5.41) is 24.6. The molecule has 136 heavy (non-hydrogen) atoms. The molecule has 26 rings (SSSR count). The van der Waals surface area contributed by atoms with E-state index in [0.29, 0.717) is 24.2 Å². The number of thiophene rings is 1. The van der Waals surface area contributed by atoms with Gasteiger partial charge in [-0.15, -0.1) is 11.3 Å². The number of aromatic amines is 6. The number of rotatable bonds is 12. The van der Waals surface area contributed by atoms with Crippen LogP contribution in [0.25, 0.3) is 71.5 Å². The van der Waals surface area contributed by atoms with Gasteiger partial charge in [-0.05, 0) is 361 Å². The number of aryl methyl sites for hydroxylation is 8. The molecule has 8 aromatic heterocycles. The Labute approximate surface area is 837 Å². The van der Waals surface area contributed by atoms with Crippen LogP contribution < -0.4 is 26.0 Å². The number of hydrogen-bond donors (Lipinski definition) is 10. The van der Waals surface area contributed by atoms with Gasteiger partial charge in [0, 0.05) is 176 Å². The van der Waals surface area contributed by atoms with E-state index in [0.717, 1.165) is 128 Å². The highest BCUT2D eigenvalue weighted by atomic mass is 79.9. The zero-order valence-corrected chi connectivity index (χ0v) is 85.3. The summed E-state index contributed by atoms with van der Waals surface area (Å²) in [6.45, 7) is 5.95. The number of carbonyl (C=O) groups excluding carboxylic acids is 1. The minimum Gasteiger partial charge on any atom is -0.497 e. The fourth-order valence-corrected chi connectivity index (χ4v) is 24.7. The Morgan fingerprint density at radius 2 is 0.757 bits per heavy atom. The van der Waals surface area contributed by atoms with E-state index in [4.69, 9.17) is 4.74 Å². The summed E-state index contributed by atoms with van der Waals surface area (Å²) in [5.74, 6) is -1.71. The van der Waals surface area contributed by atoms with Gasteiger partial charge in [0.15, 0.2) is 0 Å². The number of allylic oxidation sites excluding steroid dienone is 1. The quantitative estimate of drug-likeness (QED) is 0.0582. The molecule has 6 unspecified atom stereocenters. The van der Waals surface area contributed by atoms with Crippen LogP contribution >= 0.6 is 91.0 Å². The van der Waals surface area contributed by atoms with Gasteiger partial charge in [0.05, 0.1) is 48.2 Å². The first-order valence-corrected chi connectivity index (χ1v) is 52.7. The third-order valence-electron chi connectivity index (χ3n) is 28.7. The largest absolute Gasteiger partial charge is 0.497 e. The Hall–Kier alpha value is -11.1. The number of anilines is 4. The van der Waals surface area contributed by atoms with Gasteiger partial charge >= 0.3 is 0 Å². The van der Waals surface area contributed by atoms with Crippen molar-refractivity contribution >= 4 is 191 Å². The van der Waals surface area contributed by atoms with Gasteiger partial charge in [-0.2, -0.15) is 0 Å². The molecule has 0 radical (unpaired) electrons. The van der Waals surface area contributed by atoms with Gasteiger partial charge in [-0.25, -0.2) is 8.78 Å². The number of aromatic nitrogens is 7. The molecule has 10 aromatic carbocycles. The Balaban J connectivity index is 0.0000000977. The molecule has 0 saturated heterocycles. The summed E-state index contributed by atoms with van der Waals surface area (Å²) in [5.41, 5.74) is 35.0. The summed E-state index contributed by atoms with van der Waals surface area (Å²) in [7, 11) is 1.69. The van der Waals surface area contributed by atoms with Crippen molar-refractivity contribution in [1.29, 1.82) is 0 Å². The van der Waals surface area contributed by atoms with E-state index in [9.17, 15) is 13.6 Å². The molecule has 22 heteroatoms. The first kappa shape index (κ1) is 91.3. The van der Waals surface area contributed by atoms with Gasteiger partial charge in [0.2, 0.25) is 0 Å². The molecule has 7 aliphatic carbocycles. The second-order valence-electron chi connectivity index (χ2n) is 37.7. The second-order valence-corrected chi connectivity index (χ2v) is 43.2. The van der Waals surface area contributed by atoms with Crippen LogP contribution in [-0.4, -0.2) is 52.4 Å². The van der Waals surface area contributed by atoms with Crippen molar-refractivity contribution in [1.82, 2.24) is 39.4 Å². The van der Waals surface area contributed by atoms with E-state index in [1.54, 1.807) is 30.6 Å². The zero-order valence-electron chi connectivity index (χ0n) is 76.5. The summed E-state index contributed by atoms with van der Waals surface area (Å²) < 4.78 is 40.1. The van der Waals surface area contributed by atoms with Crippen LogP contribution in [0.15, 0.2) is 265 Å². The lowest BCUT2D eigenvalue weighted by atomic mass is 9.90. The Morgan fingerprint density at radius 3 is 1.17 bits per heavy atom. The van der Waals surface area contributed by atoms with E-state index in [1.807, 2.05) is 23.6 Å². The minimum absolute atomic E-state index is 0.0397. The lowest BCUT2D eigenvalue weighted by molar-refractivity contribution is 0.0175. The molecule has 0 spiro atoms. The minimum atomic E-state index is -2.80. The second kappa shape index (κ2) is 39.4. The Morgan fingerprint density at radius 1 is 0.397 bits per heavy atom. The van der Waals surface area contributed by atoms with E-state index >= 15 is 0 Å². The van der Waals surface area contributed by atoms with Crippen LogP contribution in [0.1, 0.15) is 231 Å². The molecule has 10 N–H and O–H groups in total. The maximum absolute atomic E-state index is 13.4. The average molecular weight is 2150 g/mol. The molecule has 0 fully saturated rings. The highest BCUT2D eigenvalue weighted by Gasteiger charge is 2.39. The number of halogens is 7. The van der Waals surface area contributed by atoms with Crippen LogP contribution in [-0.2, 0) is 57.4 Å². The van der Waals surface area contributed by atoms with Gasteiger partial charge in [0.1, 0.15) is 5.75 Å². The van der Waals surface area contributed by atoms with E-state index in [-0.39, 0.29) is 23.6 Å². The number of carbonyl (C=O) groups is 1. The molecule has 18 aromatic rings. The lowest BCUT2D eigenvalue weighted by Gasteiger charge is -2.31. The third-order valence-corrected chi connectivity index (χ3v) is 32.1. The first-order chi connectivity index (χ1) is 66.2. The van der Waals surface area contributed by atoms with E-state index in [2.05, 4.69) is 355 Å². The molecule has 1 amide bonds. The number of amides is 1. The van der Waals surface area contributed by atoms with Crippen LogP contribution in [0, 0.1) is 13.8 Å². The number of para-hydroxylation sites is 1. The van der Waals surface area contributed by atoms with Crippen LogP contribution in [0.4, 0.5) is 31.5 Å². The number of fused-ring (bicyclic) bond motifs is 20. The van der Waals surface area contributed by atoms with Crippen molar-refractivity contribution in [3.8, 4) is 5.75 Å². The average Bonchev–Trinajstić information content (AvgIpc) is 1.59. The summed E-state index contributed by atoms with van der Waals surface area (Å²) in [6.07, 6.45) is 31.1. The molecule has 9 heterocycles. The van der Waals surface area contributed by atoms with Crippen molar-refractivity contribution in [3.63, 3.8) is 0 Å². The highest BCUT2D eigenvalue weighted by molar-refractivity contribution is 9.11. The number of hydrogen-bond acceptors (Lipinski definition) is 7. The number of nitrogens with one attached hydrogen (secondary N) is 10. The Bertz CT molecular complexity index is 7480. The van der Waals surface area contributed by atoms with Crippen molar-refractivity contribution in [2.75, 3.05) is 28.4 Å². The van der Waals surface area contributed by atoms with Gasteiger partial charge in [0.25, 0.3) is 11.8 Å². The topological polar surface area (TPSA) is 177 Å². The fourth-order valence-electron chi connectivity index (χ4n) is 22.1. The van der Waals surface area contributed by atoms with Gasteiger partial charge in [-0.3, -0.25) is 4.79 Å². The zero-order chi connectivity index (χ0) is 93.0. The van der Waals surface area contributed by atoms with Crippen molar-refractivity contribution in [2.24, 2.45) is 0 Å². The predicted octanol–water partition coefficient (Wildman–Crippen LogP) is 32.9. The monoisotopic (exact) mass is 2140 g/mol. The standard InChI is InChI=1S/C20H19BrF2N2.C19H19BrN2O.C19H17BrN2.C19H19BrN2.C19H18N2OS.C18H17BrN2/c1-20(22,23)12-5-8-14(9-6-12)24-18-4-2-3-15-16-11-13(21)7-10-17(16)25-19(15)18;1-23-14-8-6-13(7-9-14)21-18-4-2-3-15-16-11-12(20)5-10-17(16)22-19(15)18;20-14-7-8-17-16(9-14)15-5-2-6-18(19(15)21-17)22-10-12-3-1-4-13(12)11-22;1-12-5-8-14(9-6-12)21-18-4-2-3-15-16-11-13(20)7-10-17(16)22-19(15)18;1-11-5-6-15-14(9-11)13-3-2-4-16(17(13)20-15)21-10-12-7-8-23-18(12)19(21)22;19-12-9-10-16-15(11-12)14-7-4-8-17(18(14)21-16)20-13-5-2-1-3-6-13/h5-11,18,24-25H,2-4H2,1H3;5-11,18,21-22H,2-4H2,1H3;1,3,7-11,18,21H,2,4-6H2;5-11,18,21-22H,2-4H2,1H3;5-9,16,20H,2-4,10H2,1H3;1-3,5-6,9-11,17,20-21H,4,7-8H2. The summed E-state index contributed by atoms with van der Waals surface area (Å²) in [6, 6.07) is 76.6. The van der Waals surface area contributed by atoms with Gasteiger partial charge < -0.3 is 65.4 Å². The number of alkyl halides is 2. The van der Waals surface area contributed by atoms with Crippen molar-refractivity contribution in [2.45, 2.75) is 191 Å². The number of H-pyrrole nitrogens is 6. The van der Waals surface area contributed by atoms with Crippen LogP contribution in [0.2, 0.25) is 0 Å². The molecule has 1 aliphatic heterocycles. The fraction of sp³-hybridized carbons (Fsp3) is 0.272. The number of ether oxygens (including phenoxy) is 1. The van der Waals surface area contributed by atoms with Crippen molar-refractivity contribution in [3.05, 3.63) is 370 Å². The van der Waals surface area contributed by atoms with Crippen molar-refractivity contribution < 1.29 is 18.3 Å². The van der Waals surface area contributed by atoms with E-state index < -0.39 is 5.92 Å². The molecular weight excluding hydrogens is 2040 g/mol. The summed E-state index contributed by atoms with van der Waals surface area (Å²) in [4.78, 5) is 37.5. The van der Waals surface area contributed by atoms with Crippen LogP contribution in [0.3, 0.4) is 0 Å². The van der Waals surface area contributed by atoms with E-state index in [1.165, 1.54) is 237 Å². The lowest BCUT2D eigenvalue weighted by Crippen LogP contribution is -2.31. The van der Waals surface area contributed by atoms with Crippen LogP contribution in [0.5, 0.6) is 5.75 Å². The summed E-state index contributed by atoms with van der Waals surface area (Å²) >= 11 is 19.5. The molecule has 6 atom stereocenters. The number of methoxy groups -OCH3 is 1. The molecule has 0 bridgehead atoms. The number of benzene rings is 10. The molecular formula is C114H109Br5F2N12O2S. The maximum atomic E-state index is 13.4. The SMILES string of the molecule is Brc1ccc2[nH]c3c(c2c1)CCCC3Nc1ccccc1.Brc1ccc2[nH]c3c(c2c1)CCCC3n1cc2c(c1)CC=C2.CC(F)(F)c1ccc(NC2CCCc3c2[nH]c2ccc(Br)cc32)cc1.COc1ccc(NC2CCCc3c2[nH]c2ccc(Br)cc32)cc1.Cc1ccc(NC2CCCc3c2[nH]c2ccc(Br)cc32)cc1.Cc1ccc2[nH]c3c(c2c1)CCCC3N1Cc2ccsc2C1=O. The highest BCUT2D eigenvalue weighted by Crippen LogP contribution is 2.48. The third kappa shape index (κ3) is 19.1. The maximum Gasteiger partial charge on any atom is 0.270 e. The van der Waals surface area contributed by atoms with Gasteiger partial charge in [-0.1, -0.05) is 151 Å². The molecule has 692 valence electrons. The molecule has 0 saturated carbocycles. The molecule has 14 nitrogen and oxygen atoms in total. The first-order valence-electron chi connectivity index (χ1n) is 47.8.